The summed E-state index contributed by atoms with van der Waals surface area (Å²) in [6.07, 6.45) is -4.63. The van der Waals surface area contributed by atoms with Crippen LogP contribution in [0, 0.1) is 0 Å². The van der Waals surface area contributed by atoms with Gasteiger partial charge in [-0.05, 0) is 0 Å². The number of hydrogen-bond donors (Lipinski definition) is 6. The van der Waals surface area contributed by atoms with E-state index in [-0.39, 0.29) is 6.29 Å². The summed E-state index contributed by atoms with van der Waals surface area (Å²) in [5.41, 5.74) is 0. The first-order valence-corrected chi connectivity index (χ1v) is 4.48. The number of carbonyl (C=O) groups is 1. The molecule has 0 aromatic carbocycles. The highest BCUT2D eigenvalue weighted by molar-refractivity contribution is 7.30. The summed E-state index contributed by atoms with van der Waals surface area (Å²) >= 11 is 0. The van der Waals surface area contributed by atoms with E-state index in [1.807, 2.05) is 0 Å². The number of hydrogen-bond acceptors (Lipinski definition) is 6. The minimum Gasteiger partial charge on any atom is -0.394 e. The highest BCUT2D eigenvalue weighted by Crippen LogP contribution is 1.98. The second kappa shape index (κ2) is 9.10. The van der Waals surface area contributed by atoms with Crippen molar-refractivity contribution < 1.29 is 39.6 Å². The molecule has 9 heteroatoms. The molecule has 0 heterocycles. The van der Waals surface area contributed by atoms with Gasteiger partial charge in [0.25, 0.3) is 0 Å². The summed E-state index contributed by atoms with van der Waals surface area (Å²) in [7, 11) is -2.87. The van der Waals surface area contributed by atoms with E-state index in [0.29, 0.717) is 0 Å². The van der Waals surface area contributed by atoms with Crippen molar-refractivity contribution in [3.8, 4) is 0 Å². The van der Waals surface area contributed by atoms with Gasteiger partial charge >= 0.3 is 8.25 Å². The molecule has 0 aromatic rings. The van der Waals surface area contributed by atoms with Gasteiger partial charge in [0.2, 0.25) is 0 Å². The van der Waals surface area contributed by atoms with Gasteiger partial charge in [-0.1, -0.05) is 0 Å². The van der Waals surface area contributed by atoms with Crippen molar-refractivity contribution in [2.75, 3.05) is 6.61 Å². The van der Waals surface area contributed by atoms with E-state index in [1.165, 1.54) is 0 Å². The number of aliphatic hydroxyl groups excluding tert-OH is 4. The first-order valence-electron chi connectivity index (χ1n) is 3.32. The maximum Gasteiger partial charge on any atom is 0.692 e. The van der Waals surface area contributed by atoms with E-state index in [4.69, 9.17) is 34.8 Å². The van der Waals surface area contributed by atoms with Gasteiger partial charge in [-0.25, -0.2) is 0 Å². The molecule has 0 radical (unpaired) electrons. The van der Waals surface area contributed by atoms with Gasteiger partial charge in [0, 0.05) is 4.57 Å². The monoisotopic (exact) mass is 231 g/mol. The van der Waals surface area contributed by atoms with Crippen LogP contribution >= 0.6 is 8.25 Å². The Hall–Kier alpha value is -0.470. The molecular formula is C5H12O8P+. The standard InChI is InChI=1S/C5H10O5.HO3P/c6-1-3(8)5(10)4(9)2-7;1-4(2)3/h1,3-5,7-10H,2H2;(H-,1,2,3)/p+1. The predicted molar refractivity (Wildman–Crippen MR) is 43.2 cm³/mol. The SMILES string of the molecule is O=CC(O)C(O)C(O)CO.O=[P+](O)O. The highest BCUT2D eigenvalue weighted by atomic mass is 31.1. The molecule has 3 unspecified atom stereocenters. The predicted octanol–water partition coefficient (Wildman–Crippen LogP) is -3.11. The lowest BCUT2D eigenvalue weighted by Crippen LogP contribution is -2.40. The van der Waals surface area contributed by atoms with E-state index in [2.05, 4.69) is 0 Å². The van der Waals surface area contributed by atoms with Crippen LogP contribution in [0.2, 0.25) is 0 Å². The van der Waals surface area contributed by atoms with Gasteiger partial charge in [-0.15, -0.1) is 9.79 Å². The lowest BCUT2D eigenvalue weighted by molar-refractivity contribution is -0.127. The number of aliphatic hydroxyl groups is 4. The number of aldehydes is 1. The zero-order valence-electron chi connectivity index (χ0n) is 6.96. The summed E-state index contributed by atoms with van der Waals surface area (Å²) in [6.45, 7) is -0.688. The second-order valence-corrected chi connectivity index (χ2v) is 2.63. The second-order valence-electron chi connectivity index (χ2n) is 2.12. The average Bonchev–Trinajstić information content (AvgIpc) is 2.13. The maximum absolute atomic E-state index is 9.76. The van der Waals surface area contributed by atoms with Crippen molar-refractivity contribution in [2.45, 2.75) is 18.3 Å². The van der Waals surface area contributed by atoms with Gasteiger partial charge in [0.15, 0.2) is 6.29 Å². The third-order valence-corrected chi connectivity index (χ3v) is 1.07. The molecule has 0 fully saturated rings. The fraction of sp³-hybridized carbons (Fsp3) is 0.800. The molecule has 6 N–H and O–H groups in total. The van der Waals surface area contributed by atoms with Crippen molar-refractivity contribution in [3.63, 3.8) is 0 Å². The minimum atomic E-state index is -2.87. The van der Waals surface area contributed by atoms with Gasteiger partial charge in [0.1, 0.15) is 18.3 Å². The summed E-state index contributed by atoms with van der Waals surface area (Å²) in [5.74, 6) is 0. The van der Waals surface area contributed by atoms with Crippen LogP contribution in [0.4, 0.5) is 0 Å². The largest absolute Gasteiger partial charge is 0.692 e. The van der Waals surface area contributed by atoms with E-state index >= 15 is 0 Å². The Morgan fingerprint density at radius 1 is 1.21 bits per heavy atom. The van der Waals surface area contributed by atoms with E-state index < -0.39 is 33.2 Å². The molecule has 3 atom stereocenters. The van der Waals surface area contributed by atoms with Crippen LogP contribution in [0.1, 0.15) is 0 Å². The molecule has 8 nitrogen and oxygen atoms in total. The molecular weight excluding hydrogens is 219 g/mol. The molecule has 0 spiro atoms. The van der Waals surface area contributed by atoms with Crippen LogP contribution in [0.5, 0.6) is 0 Å². The number of carbonyl (C=O) groups excluding carboxylic acids is 1. The Labute approximate surface area is 80.0 Å². The molecule has 0 saturated heterocycles. The Balaban J connectivity index is 0. The van der Waals surface area contributed by atoms with Crippen LogP contribution in [0.15, 0.2) is 0 Å². The quantitative estimate of drug-likeness (QED) is 0.219. The van der Waals surface area contributed by atoms with Crippen molar-refractivity contribution in [3.05, 3.63) is 0 Å². The van der Waals surface area contributed by atoms with Gasteiger partial charge < -0.3 is 25.2 Å². The summed E-state index contributed by atoms with van der Waals surface area (Å²) in [4.78, 5) is 24.0. The summed E-state index contributed by atoms with van der Waals surface area (Å²) < 4.78 is 8.70. The Morgan fingerprint density at radius 3 is 1.79 bits per heavy atom. The Bertz CT molecular complexity index is 169. The molecule has 0 aliphatic carbocycles. The third kappa shape index (κ3) is 9.62. The first-order chi connectivity index (χ1) is 6.36. The smallest absolute Gasteiger partial charge is 0.394 e. The topological polar surface area (TPSA) is 156 Å². The maximum atomic E-state index is 9.76. The first kappa shape index (κ1) is 16.0. The molecule has 0 aliphatic heterocycles. The van der Waals surface area contributed by atoms with Crippen LogP contribution in [-0.4, -0.2) is 61.4 Å². The van der Waals surface area contributed by atoms with Crippen molar-refractivity contribution in [1.29, 1.82) is 0 Å². The van der Waals surface area contributed by atoms with Gasteiger partial charge in [-0.3, -0.25) is 0 Å². The third-order valence-electron chi connectivity index (χ3n) is 1.07. The number of rotatable bonds is 4. The van der Waals surface area contributed by atoms with Gasteiger partial charge in [-0.2, -0.15) is 0 Å². The molecule has 0 saturated carbocycles. The fourth-order valence-electron chi connectivity index (χ4n) is 0.416. The van der Waals surface area contributed by atoms with Crippen molar-refractivity contribution in [2.24, 2.45) is 0 Å². The van der Waals surface area contributed by atoms with Crippen LogP contribution < -0.4 is 0 Å². The van der Waals surface area contributed by atoms with Crippen LogP contribution in [0.25, 0.3) is 0 Å². The summed E-state index contributed by atoms with van der Waals surface area (Å²) in [6, 6.07) is 0. The lowest BCUT2D eigenvalue weighted by atomic mass is 10.1. The fourth-order valence-corrected chi connectivity index (χ4v) is 0.416. The Kier molecular flexibility index (Phi) is 10.4. The molecule has 0 aromatic heterocycles. The molecule has 84 valence electrons. The zero-order chi connectivity index (χ0) is 11.7. The minimum absolute atomic E-state index is 0.0869. The van der Waals surface area contributed by atoms with Crippen molar-refractivity contribution in [1.82, 2.24) is 0 Å². The average molecular weight is 231 g/mol. The van der Waals surface area contributed by atoms with E-state index in [0.717, 1.165) is 0 Å². The normalized spacial score (nSPS) is 15.9. The molecule has 14 heavy (non-hydrogen) atoms. The van der Waals surface area contributed by atoms with E-state index in [9.17, 15) is 4.79 Å². The van der Waals surface area contributed by atoms with E-state index in [1.54, 1.807) is 0 Å². The summed E-state index contributed by atoms with van der Waals surface area (Å²) in [5, 5.41) is 34.1. The molecule has 0 aliphatic rings. The van der Waals surface area contributed by atoms with Gasteiger partial charge in [0.05, 0.1) is 6.61 Å². The van der Waals surface area contributed by atoms with Crippen molar-refractivity contribution >= 4 is 14.5 Å². The molecule has 0 amide bonds. The molecule has 0 bridgehead atoms. The lowest BCUT2D eigenvalue weighted by Gasteiger charge is -2.16. The van der Waals surface area contributed by atoms with Crippen LogP contribution in [0.3, 0.4) is 0 Å². The highest BCUT2D eigenvalue weighted by Gasteiger charge is 2.22. The zero-order valence-corrected chi connectivity index (χ0v) is 7.86. The Morgan fingerprint density at radius 2 is 1.57 bits per heavy atom. The molecule has 0 rings (SSSR count). The van der Waals surface area contributed by atoms with Crippen LogP contribution in [-0.2, 0) is 9.36 Å².